The van der Waals surface area contributed by atoms with Gasteiger partial charge in [0.2, 0.25) is 11.8 Å². The molecule has 7 aromatic carbocycles. The SMILES string of the molecule is CN(CC#Cc1ccc2c(c1)[C@]1(C(=O)N2C(=O)OCc2ccc([N+](=O)[O-])cc2)[C@H](c2ccc(OCCO)cc2)N2[C@H](c3ccccc3)[C@H](c3ccccc3)OC(=O)[C@H]2[C@@H]1C(=O)Nc1ccc(N2CCOCC2)cc1)Cc1ccccc1. The molecule has 17 heteroatoms. The van der Waals surface area contributed by atoms with Crippen molar-refractivity contribution in [1.29, 1.82) is 0 Å². The standard InChI is InChI=1S/C64H58N6O11/c1-66(41-44-12-5-2-6-13-44)33-11-14-43-21-32-54-53(40-43)64(62(74)68(54)63(75)80-42-45-19-26-51(27-20-45)70(76)77)55(60(72)65-49-24-28-50(29-25-49)67-34-37-78-38-35-67)57-61(73)81-58(47-17-9-4-10-18-47)56(46-15-7-3-8-16-46)69(57)59(64)48-22-30-52(31-23-48)79-39-36-71/h2-10,12-13,15-32,40,55-59,71H,33-39,41-42H2,1H3,(H,65,72)/t55-,56-,57-,58+,59+,64-/m1/s1. The molecule has 0 unspecified atom stereocenters. The molecule has 4 aliphatic rings. The number of amides is 3. The van der Waals surface area contributed by atoms with E-state index in [1.165, 1.54) is 24.3 Å². The number of carbonyl (C=O) groups excluding carboxylic acids is 4. The largest absolute Gasteiger partial charge is 0.491 e. The van der Waals surface area contributed by atoms with Crippen LogP contribution in [0.25, 0.3) is 0 Å². The quantitative estimate of drug-likeness (QED) is 0.0428. The van der Waals surface area contributed by atoms with E-state index < -0.39 is 64.4 Å². The Hall–Kier alpha value is -9.18. The summed E-state index contributed by atoms with van der Waals surface area (Å²) in [6, 6.07) is 50.1. The second kappa shape index (κ2) is 23.7. The number of hydrogen-bond acceptors (Lipinski definition) is 14. The average molecular weight is 1090 g/mol. The third-order valence-electron chi connectivity index (χ3n) is 15.4. The number of imide groups is 1. The normalized spacial score (nSPS) is 21.1. The number of rotatable bonds is 15. The number of benzene rings is 7. The molecule has 6 atom stereocenters. The summed E-state index contributed by atoms with van der Waals surface area (Å²) >= 11 is 0. The van der Waals surface area contributed by atoms with Crippen LogP contribution in [0.4, 0.5) is 27.5 Å². The highest BCUT2D eigenvalue weighted by Crippen LogP contribution is 2.66. The summed E-state index contributed by atoms with van der Waals surface area (Å²) in [5, 5.41) is 24.4. The first-order chi connectivity index (χ1) is 39.5. The molecule has 2 N–H and O–H groups in total. The van der Waals surface area contributed by atoms with Gasteiger partial charge >= 0.3 is 12.1 Å². The predicted molar refractivity (Wildman–Crippen MR) is 302 cm³/mol. The van der Waals surface area contributed by atoms with Crippen molar-refractivity contribution >= 4 is 46.6 Å². The van der Waals surface area contributed by atoms with Crippen LogP contribution in [-0.2, 0) is 47.2 Å². The topological polar surface area (TPSA) is 194 Å². The van der Waals surface area contributed by atoms with Crippen LogP contribution < -0.4 is 19.9 Å². The number of hydrogen-bond donors (Lipinski definition) is 2. The zero-order chi connectivity index (χ0) is 56.0. The zero-order valence-corrected chi connectivity index (χ0v) is 44.3. The van der Waals surface area contributed by atoms with Crippen LogP contribution in [-0.4, -0.2) is 103 Å². The average Bonchev–Trinajstić information content (AvgIpc) is 4.11. The molecule has 0 saturated carbocycles. The summed E-state index contributed by atoms with van der Waals surface area (Å²) in [5.74, 6) is 3.07. The first kappa shape index (κ1) is 53.8. The van der Waals surface area contributed by atoms with Crippen molar-refractivity contribution in [2.45, 2.75) is 42.8 Å². The Morgan fingerprint density at radius 1 is 0.790 bits per heavy atom. The first-order valence-corrected chi connectivity index (χ1v) is 26.8. The lowest BCUT2D eigenvalue weighted by molar-refractivity contribution is -0.384. The van der Waals surface area contributed by atoms with E-state index in [0.29, 0.717) is 73.1 Å². The molecule has 17 nitrogen and oxygen atoms in total. The van der Waals surface area contributed by atoms with Gasteiger partial charge in [0.1, 0.15) is 36.5 Å². The van der Waals surface area contributed by atoms with Gasteiger partial charge in [-0.25, -0.2) is 9.69 Å². The van der Waals surface area contributed by atoms with Gasteiger partial charge in [-0.15, -0.1) is 0 Å². The molecule has 3 amide bonds. The molecule has 3 fully saturated rings. The Morgan fingerprint density at radius 2 is 1.46 bits per heavy atom. The highest BCUT2D eigenvalue weighted by Gasteiger charge is 2.76. The van der Waals surface area contributed by atoms with Crippen LogP contribution in [0.2, 0.25) is 0 Å². The molecule has 410 valence electrons. The molecule has 3 saturated heterocycles. The number of cyclic esters (lactones) is 1. The van der Waals surface area contributed by atoms with E-state index in [9.17, 15) is 15.2 Å². The van der Waals surface area contributed by atoms with Crippen LogP contribution in [0.3, 0.4) is 0 Å². The Kier molecular flexibility index (Phi) is 15.7. The number of nitrogens with one attached hydrogen (secondary N) is 1. The van der Waals surface area contributed by atoms with Crippen LogP contribution in [0.15, 0.2) is 182 Å². The monoisotopic (exact) mass is 1090 g/mol. The Morgan fingerprint density at radius 3 is 2.12 bits per heavy atom. The smallest absolute Gasteiger partial charge is 0.421 e. The number of morpholine rings is 2. The number of aliphatic hydroxyl groups is 1. The molecule has 0 aromatic heterocycles. The fourth-order valence-corrected chi connectivity index (χ4v) is 11.8. The Bertz CT molecular complexity index is 3480. The minimum atomic E-state index is -2.14. The van der Waals surface area contributed by atoms with E-state index in [-0.39, 0.29) is 36.8 Å². The number of nitro benzene ring substituents is 1. The van der Waals surface area contributed by atoms with Crippen molar-refractivity contribution < 1.29 is 48.2 Å². The number of fused-ring (bicyclic) bond motifs is 3. The van der Waals surface area contributed by atoms with E-state index >= 15 is 19.2 Å². The van der Waals surface area contributed by atoms with Gasteiger partial charge < -0.3 is 34.3 Å². The maximum atomic E-state index is 16.9. The van der Waals surface area contributed by atoms with Gasteiger partial charge in [-0.05, 0) is 107 Å². The molecule has 7 aromatic rings. The third kappa shape index (κ3) is 10.7. The van der Waals surface area contributed by atoms with E-state index in [1.807, 2.05) is 115 Å². The van der Waals surface area contributed by atoms with Crippen molar-refractivity contribution in [2.75, 3.05) is 68.2 Å². The van der Waals surface area contributed by atoms with E-state index in [2.05, 4.69) is 27.0 Å². The Balaban J connectivity index is 1.12. The Labute approximate surface area is 468 Å². The van der Waals surface area contributed by atoms with Gasteiger partial charge in [0, 0.05) is 48.7 Å². The van der Waals surface area contributed by atoms with Gasteiger partial charge in [-0.3, -0.25) is 34.3 Å². The number of ether oxygens (including phenoxy) is 4. The maximum Gasteiger partial charge on any atom is 0.421 e. The second-order valence-corrected chi connectivity index (χ2v) is 20.4. The number of nitro groups is 1. The summed E-state index contributed by atoms with van der Waals surface area (Å²) in [4.78, 5) is 82.0. The second-order valence-electron chi connectivity index (χ2n) is 20.4. The highest BCUT2D eigenvalue weighted by molar-refractivity contribution is 6.24. The summed E-state index contributed by atoms with van der Waals surface area (Å²) in [6.07, 6.45) is -2.06. The van der Waals surface area contributed by atoms with Gasteiger partial charge in [0.05, 0.1) is 55.0 Å². The van der Waals surface area contributed by atoms with Crippen LogP contribution in [0.5, 0.6) is 5.75 Å². The van der Waals surface area contributed by atoms with Crippen LogP contribution in [0, 0.1) is 27.9 Å². The lowest BCUT2D eigenvalue weighted by Crippen LogP contribution is -2.54. The van der Waals surface area contributed by atoms with Crippen molar-refractivity contribution in [3.05, 3.63) is 231 Å². The van der Waals surface area contributed by atoms with Crippen molar-refractivity contribution in [3.63, 3.8) is 0 Å². The number of nitrogens with zero attached hydrogens (tertiary/aromatic N) is 5. The third-order valence-corrected chi connectivity index (χ3v) is 15.4. The van der Waals surface area contributed by atoms with Crippen LogP contribution >= 0.6 is 0 Å². The number of carbonyl (C=O) groups is 4. The van der Waals surface area contributed by atoms with Gasteiger partial charge in [-0.2, -0.15) is 0 Å². The summed E-state index contributed by atoms with van der Waals surface area (Å²) < 4.78 is 24.1. The molecule has 4 heterocycles. The fourth-order valence-electron chi connectivity index (χ4n) is 11.8. The molecule has 4 aliphatic heterocycles. The van der Waals surface area contributed by atoms with E-state index in [1.54, 1.807) is 54.6 Å². The molecule has 0 bridgehead atoms. The number of anilines is 3. The minimum absolute atomic E-state index is 0.00588. The lowest BCUT2D eigenvalue weighted by Gasteiger charge is -2.46. The number of aliphatic hydroxyl groups excluding tert-OH is 1. The van der Waals surface area contributed by atoms with Crippen LogP contribution in [0.1, 0.15) is 57.1 Å². The van der Waals surface area contributed by atoms with Gasteiger partial charge in [0.15, 0.2) is 0 Å². The number of non-ortho nitro benzene ring substituents is 1. The molecular formula is C64H58N6O11. The molecule has 1 spiro atoms. The first-order valence-electron chi connectivity index (χ1n) is 26.8. The molecular weight excluding hydrogens is 1030 g/mol. The highest BCUT2D eigenvalue weighted by atomic mass is 16.6. The lowest BCUT2D eigenvalue weighted by atomic mass is 9.65. The fraction of sp³-hybridized carbons (Fsp3) is 0.250. The minimum Gasteiger partial charge on any atom is -0.491 e. The zero-order valence-electron chi connectivity index (χ0n) is 44.3. The van der Waals surface area contributed by atoms with Gasteiger partial charge in [-0.1, -0.05) is 115 Å². The molecule has 0 radical (unpaired) electrons. The van der Waals surface area contributed by atoms with Crippen molar-refractivity contribution in [3.8, 4) is 17.6 Å². The molecule has 81 heavy (non-hydrogen) atoms. The summed E-state index contributed by atoms with van der Waals surface area (Å²) in [7, 11) is 1.96. The molecule has 11 rings (SSSR count). The number of esters is 1. The summed E-state index contributed by atoms with van der Waals surface area (Å²) in [5.41, 5.74) is 3.21. The maximum absolute atomic E-state index is 16.9. The van der Waals surface area contributed by atoms with Crippen molar-refractivity contribution in [1.82, 2.24) is 9.80 Å². The predicted octanol–water partition coefficient (Wildman–Crippen LogP) is 8.93. The van der Waals surface area contributed by atoms with Crippen molar-refractivity contribution in [2.24, 2.45) is 5.92 Å². The molecule has 0 aliphatic carbocycles. The summed E-state index contributed by atoms with van der Waals surface area (Å²) in [6.45, 7) is 2.89. The van der Waals surface area contributed by atoms with Gasteiger partial charge in [0.25, 0.3) is 5.69 Å². The van der Waals surface area contributed by atoms with E-state index in [4.69, 9.17) is 18.9 Å². The van der Waals surface area contributed by atoms with E-state index in [0.717, 1.165) is 21.7 Å².